The number of benzene rings is 21. The van der Waals surface area contributed by atoms with Gasteiger partial charge in [0.2, 0.25) is 0 Å². The fraction of sp³-hybridized carbons (Fsp3) is 0. The molecule has 0 amide bonds. The first-order chi connectivity index (χ1) is 69.9. The van der Waals surface area contributed by atoms with E-state index in [-0.39, 0.29) is 43.5 Å². The molecule has 0 aliphatic rings. The van der Waals surface area contributed by atoms with Gasteiger partial charge in [0.25, 0.3) is 0 Å². The van der Waals surface area contributed by atoms with E-state index >= 15 is 0 Å². The van der Waals surface area contributed by atoms with Crippen LogP contribution in [0.3, 0.4) is 0 Å². The number of hydrogen-bond acceptors (Lipinski definition) is 9. The second-order valence-electron chi connectivity index (χ2n) is 34.9. The minimum atomic E-state index is 0.218. The van der Waals surface area contributed by atoms with Crippen LogP contribution >= 0.6 is 0 Å². The molecular weight excluding hydrogens is 1910 g/mol. The van der Waals surface area contributed by atoms with Gasteiger partial charge in [0.15, 0.2) is 0 Å². The van der Waals surface area contributed by atoms with Gasteiger partial charge in [-0.15, -0.1) is 0 Å². The molecule has 0 bridgehead atoms. The van der Waals surface area contributed by atoms with Crippen molar-refractivity contribution in [3.63, 3.8) is 0 Å². The molecule has 0 fully saturated rings. The van der Waals surface area contributed by atoms with Gasteiger partial charge in [-0.05, 0) is 0 Å². The Morgan fingerprint density at radius 2 is 0.426 bits per heavy atom. The molecule has 12 heteroatoms. The molecule has 9 nitrogen and oxygen atoms in total. The predicted octanol–water partition coefficient (Wildman–Crippen LogP) is 32.2. The van der Waals surface area contributed by atoms with Crippen LogP contribution in [0, 0.1) is 0 Å². The summed E-state index contributed by atoms with van der Waals surface area (Å²) in [5.41, 5.74) is 24.0. The van der Waals surface area contributed by atoms with Gasteiger partial charge in [0, 0.05) is 0 Å². The Morgan fingerprint density at radius 3 is 0.908 bits per heavy atom. The summed E-state index contributed by atoms with van der Waals surface area (Å²) in [6.07, 6.45) is 0. The van der Waals surface area contributed by atoms with Crippen molar-refractivity contribution < 1.29 is 0 Å². The number of nitrogens with zero attached hydrogens (tertiary/aromatic N) is 9. The van der Waals surface area contributed by atoms with E-state index in [2.05, 4.69) is 309 Å². The maximum Gasteiger partial charge on any atom is -0.0512 e. The van der Waals surface area contributed by atoms with Gasteiger partial charge in [-0.3, -0.25) is 0 Å². The number of rotatable bonds is 15. The second kappa shape index (κ2) is 37.8. The van der Waals surface area contributed by atoms with Gasteiger partial charge in [-0.2, -0.15) is 0 Å². The molecule has 27 rings (SSSR count). The predicted molar refractivity (Wildman–Crippen MR) is 589 cm³/mol. The Labute approximate surface area is 832 Å². The summed E-state index contributed by atoms with van der Waals surface area (Å²) in [5.74, 6) is 5.98. The maximum absolute atomic E-state index is 5.06. The van der Waals surface area contributed by atoms with Crippen LogP contribution in [0.4, 0.5) is 0 Å². The third kappa shape index (κ3) is 16.8. The maximum atomic E-state index is 5.06. The smallest absolute Gasteiger partial charge is 0.0512 e. The van der Waals surface area contributed by atoms with E-state index in [1.165, 1.54) is 146 Å². The standard InChI is InChI=1S/3C43H27N3Se/c1-4-12-28(13-5-1)36-20-11-21-38-37-25-22-32(27-39(37)47-40(36)38)34-19-10-18-31-26-33(23-24-35(31)34)43-45-41(29-14-6-2-7-15-29)44-42(46-43)30-16-8-3-9-17-30;1-4-12-28(13-5-1)35-20-11-21-36-38-26-32(24-25-39(38)47-40(35)36)34-19-10-18-29-22-23-33(27-37(29)34)43-45-41(30-14-6-2-7-15-30)44-42(46-43)31-16-8-3-9-17-31;1-4-14-28(15-5-1)31-22-12-24-37-39-35(23-13-25-38(39)47-40(31)37)34-26-27-36(33-21-11-10-20-32(33)34)43-45-41(29-16-6-2-7-17-29)44-42(46-43)30-18-8-3-9-19-30/h3*1-27H. The summed E-state index contributed by atoms with van der Waals surface area (Å²) in [7, 11) is 0. The summed E-state index contributed by atoms with van der Waals surface area (Å²) in [6, 6.07) is 174. The van der Waals surface area contributed by atoms with Crippen molar-refractivity contribution in [1.29, 1.82) is 0 Å². The van der Waals surface area contributed by atoms with E-state index in [9.17, 15) is 0 Å². The molecular formula is C129H81N9Se3. The molecule has 0 N–H and O–H groups in total. The van der Waals surface area contributed by atoms with Crippen LogP contribution in [0.25, 0.3) is 259 Å². The molecule has 0 aliphatic heterocycles. The molecule has 6 heterocycles. The number of hydrogen-bond donors (Lipinski definition) is 0. The molecule has 660 valence electrons. The average molecular weight is 1990 g/mol. The van der Waals surface area contributed by atoms with Crippen LogP contribution in [0.5, 0.6) is 0 Å². The van der Waals surface area contributed by atoms with E-state index < -0.39 is 0 Å². The van der Waals surface area contributed by atoms with E-state index in [4.69, 9.17) is 44.9 Å². The minimum Gasteiger partial charge on any atom is -0.0615 e. The molecule has 0 unspecified atom stereocenters. The van der Waals surface area contributed by atoms with E-state index in [0.29, 0.717) is 52.4 Å². The molecule has 141 heavy (non-hydrogen) atoms. The van der Waals surface area contributed by atoms with Crippen molar-refractivity contribution in [3.8, 4) is 169 Å². The molecule has 21 aromatic carbocycles. The second-order valence-corrected chi connectivity index (χ2v) is 41.5. The fourth-order valence-corrected chi connectivity index (χ4v) is 27.3. The van der Waals surface area contributed by atoms with Crippen molar-refractivity contribution in [3.05, 3.63) is 491 Å². The average Bonchev–Trinajstić information content (AvgIpc) is 1.60. The van der Waals surface area contributed by atoms with Crippen molar-refractivity contribution in [2.45, 2.75) is 0 Å². The Bertz CT molecular complexity index is 9230. The Balaban J connectivity index is 0.000000111. The van der Waals surface area contributed by atoms with Gasteiger partial charge >= 0.3 is 681 Å². The normalized spacial score (nSPS) is 11.4. The summed E-state index contributed by atoms with van der Waals surface area (Å²) in [5, 5.41) is 15.2. The fourth-order valence-electron chi connectivity index (χ4n) is 19.4. The summed E-state index contributed by atoms with van der Waals surface area (Å²) in [6.45, 7) is 0. The van der Waals surface area contributed by atoms with Crippen LogP contribution in [-0.4, -0.2) is 88.4 Å². The minimum absolute atomic E-state index is 0.218. The number of aromatic nitrogens is 9. The van der Waals surface area contributed by atoms with Gasteiger partial charge < -0.3 is 0 Å². The van der Waals surface area contributed by atoms with Crippen LogP contribution in [0.1, 0.15) is 0 Å². The van der Waals surface area contributed by atoms with Crippen molar-refractivity contribution in [2.24, 2.45) is 0 Å². The first kappa shape index (κ1) is 85.6. The molecule has 0 saturated carbocycles. The summed E-state index contributed by atoms with van der Waals surface area (Å²) < 4.78 is 8.71. The van der Waals surface area contributed by atoms with Crippen LogP contribution in [0.2, 0.25) is 0 Å². The third-order valence-corrected chi connectivity index (χ3v) is 33.8. The van der Waals surface area contributed by atoms with Crippen LogP contribution in [-0.2, 0) is 0 Å². The van der Waals surface area contributed by atoms with E-state index in [1.54, 1.807) is 0 Å². The largest absolute Gasteiger partial charge is 0.0615 e. The molecule has 27 aromatic rings. The van der Waals surface area contributed by atoms with Gasteiger partial charge in [0.05, 0.1) is 0 Å². The summed E-state index contributed by atoms with van der Waals surface area (Å²) >= 11 is 0.707. The Morgan fingerprint density at radius 1 is 0.121 bits per heavy atom. The monoisotopic (exact) mass is 2000 g/mol. The molecule has 0 spiro atoms. The third-order valence-electron chi connectivity index (χ3n) is 26.2. The van der Waals surface area contributed by atoms with E-state index in [1.807, 2.05) is 182 Å². The van der Waals surface area contributed by atoms with Gasteiger partial charge in [0.1, 0.15) is 0 Å². The van der Waals surface area contributed by atoms with Crippen molar-refractivity contribution >= 4 is 134 Å². The molecule has 0 aliphatic carbocycles. The molecule has 6 aromatic heterocycles. The Kier molecular flexibility index (Phi) is 23.0. The zero-order valence-electron chi connectivity index (χ0n) is 76.0. The van der Waals surface area contributed by atoms with Crippen LogP contribution < -0.4 is 0 Å². The topological polar surface area (TPSA) is 116 Å². The molecule has 0 saturated heterocycles. The molecule has 0 radical (unpaired) electrons. The van der Waals surface area contributed by atoms with Crippen LogP contribution in [0.15, 0.2) is 491 Å². The van der Waals surface area contributed by atoms with E-state index in [0.717, 1.165) is 60.8 Å². The quantitative estimate of drug-likeness (QED) is 0.0925. The van der Waals surface area contributed by atoms with Gasteiger partial charge in [-0.25, -0.2) is 0 Å². The van der Waals surface area contributed by atoms with Gasteiger partial charge in [-0.1, -0.05) is 158 Å². The molecule has 0 atom stereocenters. The zero-order valence-corrected chi connectivity index (χ0v) is 81.2. The number of fused-ring (bicyclic) bond motifs is 12. The first-order valence-electron chi connectivity index (χ1n) is 47.1. The zero-order chi connectivity index (χ0) is 93.5. The first-order valence-corrected chi connectivity index (χ1v) is 52.2. The summed E-state index contributed by atoms with van der Waals surface area (Å²) in [4.78, 5) is 44.7. The van der Waals surface area contributed by atoms with Crippen molar-refractivity contribution in [1.82, 2.24) is 44.9 Å². The SMILES string of the molecule is c1ccc(-c2nc(-c3ccccc3)nc(-c3ccc(-c4cccc5[se]c6c(-c7ccccc7)cccc6c45)c4ccccc34)n2)cc1.c1ccc(-c2nc(-c3ccccc3)nc(-c3ccc4c(-c5ccc6c(c5)[se]c5c(-c7ccccc7)cccc56)cccc4c3)n2)cc1.c1ccc(-c2nc(-c3ccccc3)nc(-c3ccc4cccc(-c5ccc6[se]c7c(-c8ccccc8)cccc7c6c5)c4c3)n2)cc1. The Hall–Kier alpha value is -17.0. The van der Waals surface area contributed by atoms with Crippen molar-refractivity contribution in [2.75, 3.05) is 0 Å².